The van der Waals surface area contributed by atoms with Crippen LogP contribution in [0.25, 0.3) is 33.4 Å². The minimum Gasteiger partial charge on any atom is -0.0966 e. The van der Waals surface area contributed by atoms with Gasteiger partial charge in [-0.25, -0.2) is 0 Å². The summed E-state index contributed by atoms with van der Waals surface area (Å²) in [6, 6.07) is 31.2. The first-order valence-corrected chi connectivity index (χ1v) is 17.1. The normalized spacial score (nSPS) is 13.2. The van der Waals surface area contributed by atoms with Crippen LogP contribution in [0.3, 0.4) is 0 Å². The third-order valence-corrected chi connectivity index (χ3v) is 9.76. The predicted molar refractivity (Wildman–Crippen MR) is 190 cm³/mol. The van der Waals surface area contributed by atoms with Crippen LogP contribution in [0.4, 0.5) is 0 Å². The van der Waals surface area contributed by atoms with Gasteiger partial charge in [0.1, 0.15) is 15.7 Å². The minimum absolute atomic E-state index is 0.0355. The third-order valence-electron chi connectivity index (χ3n) is 9.76. The van der Waals surface area contributed by atoms with Crippen LogP contribution in [0.15, 0.2) is 84.9 Å². The molecule has 0 atom stereocenters. The molecule has 4 aromatic carbocycles. The molecule has 0 saturated carbocycles. The summed E-state index contributed by atoms with van der Waals surface area (Å²) in [4.78, 5) is 0. The number of hydrogen-bond acceptors (Lipinski definition) is 0. The highest BCUT2D eigenvalue weighted by atomic mass is 14.5. The Bertz CT molecular complexity index is 1340. The van der Waals surface area contributed by atoms with Crippen LogP contribution < -0.4 is 10.9 Å². The lowest BCUT2D eigenvalue weighted by Gasteiger charge is -2.33. The molecular weight excluding hydrogens is 514 g/mol. The van der Waals surface area contributed by atoms with Crippen LogP contribution in [-0.4, -0.2) is 15.7 Å². The molecule has 5 rings (SSSR count). The summed E-state index contributed by atoms with van der Waals surface area (Å²) in [5.74, 6) is 0. The zero-order valence-corrected chi connectivity index (χ0v) is 26.6. The fraction of sp³-hybridized carbons (Fsp3) is 0.415. The van der Waals surface area contributed by atoms with Gasteiger partial charge in [-0.05, 0) is 69.5 Å². The van der Waals surface area contributed by atoms with Crippen LogP contribution in [-0.2, 0) is 5.41 Å². The van der Waals surface area contributed by atoms with Gasteiger partial charge in [0.2, 0.25) is 0 Å². The highest BCUT2D eigenvalue weighted by Gasteiger charge is 2.42. The number of rotatable bonds is 16. The highest BCUT2D eigenvalue weighted by Crippen LogP contribution is 2.55. The smallest absolute Gasteiger partial charge is 0.0966 e. The molecule has 218 valence electrons. The van der Waals surface area contributed by atoms with Gasteiger partial charge in [0, 0.05) is 5.41 Å². The largest absolute Gasteiger partial charge is 0.113 e. The van der Waals surface area contributed by atoms with E-state index in [2.05, 4.69) is 74.5 Å². The van der Waals surface area contributed by atoms with E-state index in [0.717, 1.165) is 10.9 Å². The van der Waals surface area contributed by atoms with Crippen molar-refractivity contribution < 1.29 is 0 Å². The maximum atomic E-state index is 6.06. The molecule has 43 heavy (non-hydrogen) atoms. The van der Waals surface area contributed by atoms with E-state index in [9.17, 15) is 0 Å². The zero-order chi connectivity index (χ0) is 30.1. The fourth-order valence-electron chi connectivity index (χ4n) is 7.28. The first kappa shape index (κ1) is 31.4. The lowest BCUT2D eigenvalue weighted by atomic mass is 9.70. The number of benzene rings is 4. The Morgan fingerprint density at radius 1 is 0.419 bits per heavy atom. The zero-order valence-electron chi connectivity index (χ0n) is 26.6. The van der Waals surface area contributed by atoms with E-state index in [-0.39, 0.29) is 5.41 Å². The van der Waals surface area contributed by atoms with Crippen molar-refractivity contribution in [3.63, 3.8) is 0 Å². The third kappa shape index (κ3) is 7.39. The summed E-state index contributed by atoms with van der Waals surface area (Å²) in [6.45, 7) is 4.61. The van der Waals surface area contributed by atoms with Crippen molar-refractivity contribution >= 4 is 26.6 Å². The van der Waals surface area contributed by atoms with E-state index in [1.165, 1.54) is 134 Å². The number of hydrogen-bond donors (Lipinski definition) is 0. The second kappa shape index (κ2) is 15.1. The van der Waals surface area contributed by atoms with Gasteiger partial charge in [0.15, 0.2) is 0 Å². The van der Waals surface area contributed by atoms with Crippen molar-refractivity contribution in [1.82, 2.24) is 0 Å². The van der Waals surface area contributed by atoms with Crippen molar-refractivity contribution in [1.29, 1.82) is 0 Å². The summed E-state index contributed by atoms with van der Waals surface area (Å²) in [6.07, 6.45) is 18.3. The molecule has 0 unspecified atom stereocenters. The molecule has 2 heteroatoms. The Morgan fingerprint density at radius 3 is 1.16 bits per heavy atom. The summed E-state index contributed by atoms with van der Waals surface area (Å²) in [5.41, 5.74) is 12.6. The fourth-order valence-corrected chi connectivity index (χ4v) is 7.28. The second-order valence-corrected chi connectivity index (χ2v) is 12.9. The van der Waals surface area contributed by atoms with Crippen LogP contribution in [0, 0.1) is 0 Å². The summed E-state index contributed by atoms with van der Waals surface area (Å²) >= 11 is 0. The van der Waals surface area contributed by atoms with E-state index >= 15 is 0 Å². The molecule has 0 spiro atoms. The van der Waals surface area contributed by atoms with Gasteiger partial charge < -0.3 is 0 Å². The monoisotopic (exact) mass is 562 g/mol. The van der Waals surface area contributed by atoms with Gasteiger partial charge >= 0.3 is 0 Å². The summed E-state index contributed by atoms with van der Waals surface area (Å²) in [7, 11) is 12.1. The maximum absolute atomic E-state index is 6.06. The molecule has 0 heterocycles. The van der Waals surface area contributed by atoms with Gasteiger partial charge in [-0.1, -0.05) is 175 Å². The van der Waals surface area contributed by atoms with Crippen LogP contribution in [0.2, 0.25) is 0 Å². The molecule has 1 aliphatic rings. The van der Waals surface area contributed by atoms with E-state index < -0.39 is 0 Å². The summed E-state index contributed by atoms with van der Waals surface area (Å²) < 4.78 is 0. The number of fused-ring (bicyclic) bond motifs is 3. The van der Waals surface area contributed by atoms with Crippen molar-refractivity contribution in [2.24, 2.45) is 0 Å². The average Bonchev–Trinajstić information content (AvgIpc) is 3.29. The molecule has 0 amide bonds. The van der Waals surface area contributed by atoms with Crippen molar-refractivity contribution in [3.8, 4) is 33.4 Å². The molecule has 0 aromatic heterocycles. The lowest BCUT2D eigenvalue weighted by Crippen LogP contribution is -2.25. The van der Waals surface area contributed by atoms with Crippen molar-refractivity contribution in [3.05, 3.63) is 96.1 Å². The Morgan fingerprint density at radius 2 is 0.767 bits per heavy atom. The quantitative estimate of drug-likeness (QED) is 0.0942. The number of unbranched alkanes of at least 4 members (excludes halogenated alkanes) is 10. The Labute approximate surface area is 264 Å². The van der Waals surface area contributed by atoms with Gasteiger partial charge in [-0.2, -0.15) is 0 Å². The molecule has 0 aliphatic heterocycles. The van der Waals surface area contributed by atoms with Crippen LogP contribution in [0.5, 0.6) is 0 Å². The van der Waals surface area contributed by atoms with E-state index in [1.807, 2.05) is 24.3 Å². The highest BCUT2D eigenvalue weighted by molar-refractivity contribution is 6.32. The first-order valence-electron chi connectivity index (χ1n) is 17.1. The molecule has 4 aromatic rings. The average molecular weight is 562 g/mol. The first-order chi connectivity index (χ1) is 21.1. The minimum atomic E-state index is 0.0355. The Kier molecular flexibility index (Phi) is 11.1. The Hall–Kier alpha value is -2.99. The van der Waals surface area contributed by atoms with Crippen molar-refractivity contribution in [2.75, 3.05) is 0 Å². The summed E-state index contributed by atoms with van der Waals surface area (Å²) in [5, 5.41) is 0. The lowest BCUT2D eigenvalue weighted by molar-refractivity contribution is 0.398. The molecule has 1 aliphatic carbocycles. The molecule has 0 N–H and O–H groups in total. The molecule has 0 fully saturated rings. The molecule has 0 nitrogen and oxygen atoms in total. The van der Waals surface area contributed by atoms with Crippen LogP contribution in [0.1, 0.15) is 115 Å². The molecule has 0 bridgehead atoms. The van der Waals surface area contributed by atoms with Gasteiger partial charge in [0.25, 0.3) is 0 Å². The predicted octanol–water partition coefficient (Wildman–Crippen LogP) is 10.4. The van der Waals surface area contributed by atoms with E-state index in [4.69, 9.17) is 15.7 Å². The van der Waals surface area contributed by atoms with Gasteiger partial charge in [-0.3, -0.25) is 0 Å². The van der Waals surface area contributed by atoms with Gasteiger partial charge in [0.05, 0.1) is 0 Å². The van der Waals surface area contributed by atoms with Crippen molar-refractivity contribution in [2.45, 2.75) is 109 Å². The standard InChI is InChI=1S/C41H48B2/c1-3-5-7-9-11-13-27-41(28-14-12-10-8-6-4-2)39-29-33(31-15-21-35(42)22-16-31)19-25-37(39)38-26-20-34(30-40(38)41)32-17-23-36(43)24-18-32/h15-26,29-30H,3-14,27-28H2,1-2H3. The Balaban J connectivity index is 1.56. The SMILES string of the molecule is [B]c1ccc(-c2ccc3c(c2)C(CCCCCCCC)(CCCCCCCC)c2cc(-c4ccc([B])cc4)ccc2-3)cc1. The molecule has 0 saturated heterocycles. The van der Waals surface area contributed by atoms with E-state index in [1.54, 1.807) is 0 Å². The molecule has 4 radical (unpaired) electrons. The maximum Gasteiger partial charge on any atom is 0.113 e. The topological polar surface area (TPSA) is 0 Å². The van der Waals surface area contributed by atoms with E-state index in [0.29, 0.717) is 0 Å². The second-order valence-electron chi connectivity index (χ2n) is 12.9. The van der Waals surface area contributed by atoms with Crippen LogP contribution >= 0.6 is 0 Å². The van der Waals surface area contributed by atoms with Gasteiger partial charge in [-0.15, -0.1) is 0 Å². The molecular formula is C41H48B2.